The molecule has 2 aliphatic heterocycles. The van der Waals surface area contributed by atoms with Gasteiger partial charge in [-0.25, -0.2) is 13.2 Å². The average molecular weight is 456 g/mol. The van der Waals surface area contributed by atoms with E-state index in [-0.39, 0.29) is 17.0 Å². The van der Waals surface area contributed by atoms with E-state index in [9.17, 15) is 13.2 Å². The maximum Gasteiger partial charge on any atom is 0.318 e. The van der Waals surface area contributed by atoms with Crippen LogP contribution in [0.25, 0.3) is 11.0 Å². The second kappa shape index (κ2) is 7.70. The summed E-state index contributed by atoms with van der Waals surface area (Å²) in [6.45, 7) is 3.47. The fraction of sp³-hybridized carbons (Fsp3) is 0.286. The van der Waals surface area contributed by atoms with Gasteiger partial charge in [-0.05, 0) is 41.8 Å². The van der Waals surface area contributed by atoms with Crippen LogP contribution in [0, 0.1) is 0 Å². The minimum absolute atomic E-state index is 0.101. The maximum absolute atomic E-state index is 13.1. The zero-order valence-electron chi connectivity index (χ0n) is 16.9. The number of amides is 2. The smallest absolute Gasteiger partial charge is 0.318 e. The molecule has 3 heterocycles. The molecule has 2 aromatic carbocycles. The number of carbonyl (C=O) groups is 1. The Kier molecular flexibility index (Phi) is 4.99. The zero-order chi connectivity index (χ0) is 21.6. The summed E-state index contributed by atoms with van der Waals surface area (Å²) < 4.78 is 36.0. The Hall–Kier alpha value is -2.82. The molecular formula is C21H21N5O3S2. The first kappa shape index (κ1) is 20.1. The number of nitrogens with zero attached hydrogens (tertiary/aromatic N) is 4. The highest BCUT2D eigenvalue weighted by Crippen LogP contribution is 2.31. The quantitative estimate of drug-likeness (QED) is 0.611. The number of urea groups is 1. The number of benzene rings is 2. The van der Waals surface area contributed by atoms with Crippen molar-refractivity contribution in [3.05, 3.63) is 65.2 Å². The fourth-order valence-corrected chi connectivity index (χ4v) is 6.00. The van der Waals surface area contributed by atoms with E-state index in [0.717, 1.165) is 28.4 Å². The van der Waals surface area contributed by atoms with Crippen LogP contribution >= 0.6 is 11.7 Å². The van der Waals surface area contributed by atoms with Crippen molar-refractivity contribution in [2.75, 3.05) is 26.2 Å². The Morgan fingerprint density at radius 1 is 1.00 bits per heavy atom. The molecule has 31 heavy (non-hydrogen) atoms. The lowest BCUT2D eigenvalue weighted by molar-refractivity contribution is 0.205. The Morgan fingerprint density at radius 3 is 2.39 bits per heavy atom. The molecule has 1 aromatic heterocycles. The number of sulfonamides is 1. The molecule has 0 bridgehead atoms. The first-order chi connectivity index (χ1) is 14.9. The largest absolute Gasteiger partial charge is 0.331 e. The van der Waals surface area contributed by atoms with Crippen LogP contribution in [-0.2, 0) is 10.0 Å². The van der Waals surface area contributed by atoms with Crippen molar-refractivity contribution in [2.24, 2.45) is 0 Å². The molecule has 0 aliphatic carbocycles. The number of fused-ring (bicyclic) bond motifs is 1. The third-order valence-corrected chi connectivity index (χ3v) is 8.13. The number of hydrogen-bond acceptors (Lipinski definition) is 6. The monoisotopic (exact) mass is 455 g/mol. The highest BCUT2D eigenvalue weighted by molar-refractivity contribution is 7.89. The van der Waals surface area contributed by atoms with Crippen LogP contribution in [0.2, 0.25) is 0 Å². The summed E-state index contributed by atoms with van der Waals surface area (Å²) >= 11 is 1.06. The molecule has 1 N–H and O–H groups in total. The van der Waals surface area contributed by atoms with Crippen molar-refractivity contribution < 1.29 is 13.2 Å². The third-order valence-electron chi connectivity index (χ3n) is 5.79. The number of rotatable bonds is 4. The van der Waals surface area contributed by atoms with Gasteiger partial charge in [0.15, 0.2) is 0 Å². The van der Waals surface area contributed by atoms with Gasteiger partial charge in [0.1, 0.15) is 11.0 Å². The van der Waals surface area contributed by atoms with Crippen LogP contribution in [0.15, 0.2) is 64.6 Å². The molecule has 3 aromatic rings. The summed E-state index contributed by atoms with van der Waals surface area (Å²) in [5, 5.41) is 3.03. The average Bonchev–Trinajstić information content (AvgIpc) is 3.48. The first-order valence-corrected chi connectivity index (χ1v) is 12.1. The predicted octanol–water partition coefficient (Wildman–Crippen LogP) is 2.78. The van der Waals surface area contributed by atoms with Gasteiger partial charge in [0.25, 0.3) is 0 Å². The molecule has 0 saturated carbocycles. The molecule has 8 nitrogen and oxygen atoms in total. The number of carbonyl (C=O) groups excluding carboxylic acids is 1. The standard InChI is InChI=1S/C21H21N5O3S2/c1-14(15-5-3-2-4-6-15)22-21(27)25-10-16-12-26(13-17(16)11-25)31(28,29)18-7-8-19-20(9-18)24-30-23-19/h2-9,14H,10-13H2,1H3,(H,22,27)/t14-/m0/s1. The van der Waals surface area contributed by atoms with Gasteiger partial charge < -0.3 is 10.2 Å². The zero-order valence-corrected chi connectivity index (χ0v) is 18.5. The summed E-state index contributed by atoms with van der Waals surface area (Å²) in [5.74, 6) is 0. The van der Waals surface area contributed by atoms with Gasteiger partial charge in [0, 0.05) is 26.2 Å². The third kappa shape index (κ3) is 3.71. The molecule has 0 radical (unpaired) electrons. The van der Waals surface area contributed by atoms with Crippen LogP contribution in [0.1, 0.15) is 18.5 Å². The predicted molar refractivity (Wildman–Crippen MR) is 118 cm³/mol. The lowest BCUT2D eigenvalue weighted by atomic mass is 10.1. The van der Waals surface area contributed by atoms with Gasteiger partial charge in [0.2, 0.25) is 10.0 Å². The Morgan fingerprint density at radius 2 is 1.68 bits per heavy atom. The van der Waals surface area contributed by atoms with E-state index in [4.69, 9.17) is 0 Å². The number of nitrogens with one attached hydrogen (secondary N) is 1. The maximum atomic E-state index is 13.1. The van der Waals surface area contributed by atoms with Crippen molar-refractivity contribution in [2.45, 2.75) is 17.9 Å². The van der Waals surface area contributed by atoms with Crippen LogP contribution in [0.3, 0.4) is 0 Å². The molecule has 0 saturated heterocycles. The van der Waals surface area contributed by atoms with E-state index in [0.29, 0.717) is 37.2 Å². The molecule has 0 spiro atoms. The number of aromatic nitrogens is 2. The van der Waals surface area contributed by atoms with Gasteiger partial charge in [-0.15, -0.1) is 0 Å². The molecule has 0 unspecified atom stereocenters. The second-order valence-electron chi connectivity index (χ2n) is 7.83. The second-order valence-corrected chi connectivity index (χ2v) is 10.3. The van der Waals surface area contributed by atoms with Crippen LogP contribution in [0.5, 0.6) is 0 Å². The van der Waals surface area contributed by atoms with E-state index >= 15 is 0 Å². The van der Waals surface area contributed by atoms with Gasteiger partial charge in [0.05, 0.1) is 22.7 Å². The Bertz CT molecular complexity index is 1270. The van der Waals surface area contributed by atoms with Crippen molar-refractivity contribution in [1.82, 2.24) is 23.3 Å². The Labute approximate surface area is 184 Å². The fourth-order valence-electron chi connectivity index (χ4n) is 4.03. The van der Waals surface area contributed by atoms with Gasteiger partial charge in [-0.3, -0.25) is 0 Å². The van der Waals surface area contributed by atoms with Crippen LogP contribution < -0.4 is 5.32 Å². The van der Waals surface area contributed by atoms with E-state index in [1.165, 1.54) is 4.31 Å². The van der Waals surface area contributed by atoms with E-state index in [2.05, 4.69) is 14.1 Å². The highest BCUT2D eigenvalue weighted by Gasteiger charge is 2.38. The van der Waals surface area contributed by atoms with Crippen LogP contribution in [-0.4, -0.2) is 58.6 Å². The summed E-state index contributed by atoms with van der Waals surface area (Å²) in [4.78, 5) is 14.7. The Balaban J connectivity index is 1.23. The summed E-state index contributed by atoms with van der Waals surface area (Å²) in [6.07, 6.45) is 0. The highest BCUT2D eigenvalue weighted by atomic mass is 32.2. The normalized spacial score (nSPS) is 17.9. The molecule has 160 valence electrons. The molecule has 5 rings (SSSR count). The molecule has 1 atom stereocenters. The minimum atomic E-state index is -3.63. The van der Waals surface area contributed by atoms with Crippen molar-refractivity contribution >= 4 is 38.8 Å². The molecule has 2 aliphatic rings. The first-order valence-electron chi connectivity index (χ1n) is 9.94. The molecule has 0 fully saturated rings. The van der Waals surface area contributed by atoms with Crippen molar-refractivity contribution in [3.63, 3.8) is 0 Å². The summed E-state index contributed by atoms with van der Waals surface area (Å²) in [7, 11) is -3.63. The summed E-state index contributed by atoms with van der Waals surface area (Å²) in [5.41, 5.74) is 4.32. The van der Waals surface area contributed by atoms with Gasteiger partial charge in [-0.2, -0.15) is 13.1 Å². The lowest BCUT2D eigenvalue weighted by Gasteiger charge is -2.24. The lowest BCUT2D eigenvalue weighted by Crippen LogP contribution is -2.42. The minimum Gasteiger partial charge on any atom is -0.331 e. The molecule has 2 amide bonds. The van der Waals surface area contributed by atoms with Gasteiger partial charge in [-0.1, -0.05) is 30.3 Å². The number of hydrogen-bond donors (Lipinski definition) is 1. The van der Waals surface area contributed by atoms with Gasteiger partial charge >= 0.3 is 6.03 Å². The van der Waals surface area contributed by atoms with Crippen molar-refractivity contribution in [3.8, 4) is 0 Å². The van der Waals surface area contributed by atoms with Crippen molar-refractivity contribution in [1.29, 1.82) is 0 Å². The van der Waals surface area contributed by atoms with E-state index in [1.54, 1.807) is 23.1 Å². The topological polar surface area (TPSA) is 95.5 Å². The molecule has 10 heteroatoms. The summed E-state index contributed by atoms with van der Waals surface area (Å²) in [6, 6.07) is 14.4. The van der Waals surface area contributed by atoms with Crippen LogP contribution in [0.4, 0.5) is 4.79 Å². The van der Waals surface area contributed by atoms with E-state index in [1.807, 2.05) is 37.3 Å². The molecular weight excluding hydrogens is 434 g/mol. The SMILES string of the molecule is C[C@H](NC(=O)N1CC2=C(C1)CN(S(=O)(=O)c1ccc3nsnc3c1)C2)c1ccccc1. The van der Waals surface area contributed by atoms with E-state index < -0.39 is 10.0 Å².